The highest BCUT2D eigenvalue weighted by atomic mass is 79.9. The Morgan fingerprint density at radius 3 is 2.48 bits per heavy atom. The minimum atomic E-state index is -4.39. The molecule has 7 heteroatoms. The second kappa shape index (κ2) is 5.71. The summed E-state index contributed by atoms with van der Waals surface area (Å²) in [5.41, 5.74) is 0.431. The lowest BCUT2D eigenvalue weighted by Gasteiger charge is -2.14. The molecule has 0 fully saturated rings. The van der Waals surface area contributed by atoms with Crippen molar-refractivity contribution in [3.05, 3.63) is 40.1 Å². The first-order chi connectivity index (χ1) is 9.66. The Morgan fingerprint density at radius 2 is 1.90 bits per heavy atom. The Balaban J connectivity index is 2.54. The Hall–Kier alpha value is -1.50. The average molecular weight is 362 g/mol. The fraction of sp³-hybridized carbons (Fsp3) is 0.357. The monoisotopic (exact) mass is 361 g/mol. The zero-order valence-electron chi connectivity index (χ0n) is 11.8. The molecular formula is C14H15BrF3N3. The van der Waals surface area contributed by atoms with Gasteiger partial charge in [0.25, 0.3) is 0 Å². The molecule has 3 nitrogen and oxygen atoms in total. The van der Waals surface area contributed by atoms with E-state index in [-0.39, 0.29) is 6.04 Å². The van der Waals surface area contributed by atoms with Gasteiger partial charge >= 0.3 is 6.18 Å². The van der Waals surface area contributed by atoms with E-state index >= 15 is 0 Å². The lowest BCUT2D eigenvalue weighted by atomic mass is 10.2. The maximum Gasteiger partial charge on any atom is 0.416 e. The number of hydrogen-bond donors (Lipinski definition) is 1. The highest BCUT2D eigenvalue weighted by Gasteiger charge is 2.31. The van der Waals surface area contributed by atoms with Crippen LogP contribution in [0, 0.1) is 6.92 Å². The van der Waals surface area contributed by atoms with Crippen LogP contribution in [0.1, 0.15) is 25.1 Å². The maximum absolute atomic E-state index is 12.9. The van der Waals surface area contributed by atoms with Crippen molar-refractivity contribution in [2.24, 2.45) is 0 Å². The lowest BCUT2D eigenvalue weighted by molar-refractivity contribution is -0.137. The van der Waals surface area contributed by atoms with Crippen molar-refractivity contribution in [1.29, 1.82) is 0 Å². The van der Waals surface area contributed by atoms with Crippen LogP contribution < -0.4 is 5.32 Å². The molecule has 0 unspecified atom stereocenters. The number of hydrogen-bond acceptors (Lipinski definition) is 2. The third kappa shape index (κ3) is 3.78. The van der Waals surface area contributed by atoms with Crippen molar-refractivity contribution >= 4 is 21.9 Å². The van der Waals surface area contributed by atoms with E-state index in [1.54, 1.807) is 23.8 Å². The Bertz CT molecular complexity index is 647. The molecule has 1 N–H and O–H groups in total. The number of nitrogens with zero attached hydrogens (tertiary/aromatic N) is 2. The van der Waals surface area contributed by atoms with Gasteiger partial charge in [0.1, 0.15) is 0 Å². The molecule has 1 heterocycles. The van der Waals surface area contributed by atoms with Crippen LogP contribution in [-0.2, 0) is 6.18 Å². The Labute approximate surface area is 129 Å². The largest absolute Gasteiger partial charge is 0.416 e. The van der Waals surface area contributed by atoms with Crippen LogP contribution >= 0.6 is 15.9 Å². The Kier molecular flexibility index (Phi) is 4.32. The van der Waals surface area contributed by atoms with E-state index in [9.17, 15) is 13.2 Å². The molecule has 0 amide bonds. The van der Waals surface area contributed by atoms with Crippen molar-refractivity contribution in [3.63, 3.8) is 0 Å². The summed E-state index contributed by atoms with van der Waals surface area (Å²) in [4.78, 5) is 4.30. The van der Waals surface area contributed by atoms with Crippen molar-refractivity contribution in [2.75, 3.05) is 5.32 Å². The average Bonchev–Trinajstić information content (AvgIpc) is 2.67. The van der Waals surface area contributed by atoms with Crippen molar-refractivity contribution in [1.82, 2.24) is 9.55 Å². The SMILES string of the molecule is Cc1cn(-c2cc(Br)cc(C(F)(F)F)c2)c(NC(C)C)n1. The van der Waals surface area contributed by atoms with Crippen molar-refractivity contribution in [3.8, 4) is 5.69 Å². The zero-order valence-corrected chi connectivity index (χ0v) is 13.4. The van der Waals surface area contributed by atoms with Crippen LogP contribution in [0.3, 0.4) is 0 Å². The second-order valence-electron chi connectivity index (χ2n) is 5.07. The van der Waals surface area contributed by atoms with E-state index in [0.29, 0.717) is 16.1 Å². The molecule has 1 aromatic carbocycles. The third-order valence-electron chi connectivity index (χ3n) is 2.73. The van der Waals surface area contributed by atoms with Gasteiger partial charge in [-0.2, -0.15) is 13.2 Å². The molecule has 2 aromatic rings. The number of halogens is 4. The van der Waals surface area contributed by atoms with Crippen molar-refractivity contribution in [2.45, 2.75) is 33.0 Å². The highest BCUT2D eigenvalue weighted by molar-refractivity contribution is 9.10. The third-order valence-corrected chi connectivity index (χ3v) is 3.19. The molecule has 0 saturated carbocycles. The molecule has 1 aromatic heterocycles. The summed E-state index contributed by atoms with van der Waals surface area (Å²) in [6, 6.07) is 3.92. The van der Waals surface area contributed by atoms with Crippen molar-refractivity contribution < 1.29 is 13.2 Å². The van der Waals surface area contributed by atoms with Crippen LogP contribution in [0.4, 0.5) is 19.1 Å². The summed E-state index contributed by atoms with van der Waals surface area (Å²) >= 11 is 3.13. The van der Waals surface area contributed by atoms with E-state index in [0.717, 1.165) is 17.8 Å². The molecule has 21 heavy (non-hydrogen) atoms. The summed E-state index contributed by atoms with van der Waals surface area (Å²) in [6.07, 6.45) is -2.69. The van der Waals surface area contributed by atoms with E-state index < -0.39 is 11.7 Å². The predicted molar refractivity (Wildman–Crippen MR) is 79.8 cm³/mol. The number of alkyl halides is 3. The number of imidazole rings is 1. The summed E-state index contributed by atoms with van der Waals surface area (Å²) in [5.74, 6) is 0.522. The number of aryl methyl sites for hydroxylation is 1. The molecule has 0 saturated heterocycles. The van der Waals surface area contributed by atoms with Gasteiger partial charge in [-0.3, -0.25) is 4.57 Å². The van der Waals surface area contributed by atoms with Gasteiger partial charge in [-0.25, -0.2) is 4.98 Å². The zero-order chi connectivity index (χ0) is 15.8. The molecule has 0 aliphatic heterocycles. The minimum Gasteiger partial charge on any atom is -0.353 e. The molecule has 0 bridgehead atoms. The van der Waals surface area contributed by atoms with Crippen LogP contribution in [0.15, 0.2) is 28.9 Å². The minimum absolute atomic E-state index is 0.125. The number of benzene rings is 1. The van der Waals surface area contributed by atoms with Gasteiger partial charge in [0.05, 0.1) is 16.9 Å². The molecular weight excluding hydrogens is 347 g/mol. The number of nitrogens with one attached hydrogen (secondary N) is 1. The van der Waals surface area contributed by atoms with Gasteiger partial charge in [-0.1, -0.05) is 15.9 Å². The van der Waals surface area contributed by atoms with E-state index in [4.69, 9.17) is 0 Å². The molecule has 0 radical (unpaired) electrons. The molecule has 2 rings (SSSR count). The normalized spacial score (nSPS) is 12.0. The van der Waals surface area contributed by atoms with Gasteiger partial charge < -0.3 is 5.32 Å². The van der Waals surface area contributed by atoms with Gasteiger partial charge in [0.15, 0.2) is 0 Å². The number of anilines is 1. The van der Waals surface area contributed by atoms with E-state index in [1.807, 2.05) is 13.8 Å². The molecule has 0 spiro atoms. The quantitative estimate of drug-likeness (QED) is 0.852. The number of rotatable bonds is 3. The number of aromatic nitrogens is 2. The topological polar surface area (TPSA) is 29.9 Å². The van der Waals surface area contributed by atoms with Crippen LogP contribution in [0.2, 0.25) is 0 Å². The fourth-order valence-corrected chi connectivity index (χ4v) is 2.41. The molecule has 0 atom stereocenters. The first-order valence-electron chi connectivity index (χ1n) is 6.37. The second-order valence-corrected chi connectivity index (χ2v) is 5.99. The highest BCUT2D eigenvalue weighted by Crippen LogP contribution is 2.33. The predicted octanol–water partition coefficient (Wildman–Crippen LogP) is 4.78. The van der Waals surface area contributed by atoms with Gasteiger partial charge in [0, 0.05) is 16.7 Å². The van der Waals surface area contributed by atoms with Gasteiger partial charge in [-0.05, 0) is 39.0 Å². The first-order valence-corrected chi connectivity index (χ1v) is 7.17. The van der Waals surface area contributed by atoms with Gasteiger partial charge in [0.2, 0.25) is 5.95 Å². The first kappa shape index (κ1) is 15.9. The lowest BCUT2D eigenvalue weighted by Crippen LogP contribution is -2.14. The summed E-state index contributed by atoms with van der Waals surface area (Å²) in [5, 5.41) is 3.13. The van der Waals surface area contributed by atoms with Gasteiger partial charge in [-0.15, -0.1) is 0 Å². The van der Waals surface area contributed by atoms with E-state index in [2.05, 4.69) is 26.2 Å². The van der Waals surface area contributed by atoms with Crippen LogP contribution in [0.5, 0.6) is 0 Å². The summed E-state index contributed by atoms with van der Waals surface area (Å²) in [7, 11) is 0. The standard InChI is InChI=1S/C14H15BrF3N3/c1-8(2)19-13-20-9(3)7-21(13)12-5-10(14(16,17)18)4-11(15)6-12/h4-8H,1-3H3,(H,19,20). The van der Waals surface area contributed by atoms with E-state index in [1.165, 1.54) is 0 Å². The fourth-order valence-electron chi connectivity index (χ4n) is 1.93. The van der Waals surface area contributed by atoms with Crippen LogP contribution in [-0.4, -0.2) is 15.6 Å². The smallest absolute Gasteiger partial charge is 0.353 e. The Morgan fingerprint density at radius 1 is 1.24 bits per heavy atom. The molecule has 114 valence electrons. The molecule has 0 aliphatic carbocycles. The summed E-state index contributed by atoms with van der Waals surface area (Å²) < 4.78 is 40.7. The maximum atomic E-state index is 12.9. The summed E-state index contributed by atoms with van der Waals surface area (Å²) in [6.45, 7) is 5.68. The van der Waals surface area contributed by atoms with Crippen LogP contribution in [0.25, 0.3) is 5.69 Å². The molecule has 0 aliphatic rings.